The number of aryl methyl sites for hydroxylation is 1. The first-order valence-electron chi connectivity index (χ1n) is 10.1. The summed E-state index contributed by atoms with van der Waals surface area (Å²) < 4.78 is 10.8. The van der Waals surface area contributed by atoms with Crippen molar-refractivity contribution in [3.05, 3.63) is 88.3 Å². The fourth-order valence-corrected chi connectivity index (χ4v) is 4.67. The van der Waals surface area contributed by atoms with Crippen LogP contribution in [0.4, 0.5) is 5.69 Å². The second-order valence-corrected chi connectivity index (χ2v) is 8.44. The van der Waals surface area contributed by atoms with Crippen LogP contribution in [0, 0.1) is 13.8 Å². The number of ether oxygens (including phenoxy) is 2. The third-order valence-corrected chi connectivity index (χ3v) is 6.58. The number of thioether (sulfide) groups is 1. The van der Waals surface area contributed by atoms with Crippen LogP contribution in [0.3, 0.4) is 0 Å². The van der Waals surface area contributed by atoms with E-state index < -0.39 is 0 Å². The average Bonchev–Trinajstić information content (AvgIpc) is 3.05. The van der Waals surface area contributed by atoms with Crippen LogP contribution in [-0.2, 0) is 9.59 Å². The predicted molar refractivity (Wildman–Crippen MR) is 127 cm³/mol. The molecule has 32 heavy (non-hydrogen) atoms. The quantitative estimate of drug-likeness (QED) is 0.476. The van der Waals surface area contributed by atoms with Crippen LogP contribution in [-0.4, -0.2) is 26.0 Å². The normalized spacial score (nSPS) is 13.7. The fourth-order valence-electron chi connectivity index (χ4n) is 3.65. The average molecular weight is 446 g/mol. The van der Waals surface area contributed by atoms with Gasteiger partial charge in [0.25, 0.3) is 11.8 Å². The summed E-state index contributed by atoms with van der Waals surface area (Å²) in [4.78, 5) is 29.9. The third-order valence-electron chi connectivity index (χ3n) is 5.49. The highest BCUT2D eigenvalue weighted by Gasteiger charge is 2.41. The van der Waals surface area contributed by atoms with Gasteiger partial charge in [0, 0.05) is 4.90 Å². The van der Waals surface area contributed by atoms with Crippen LogP contribution in [0.2, 0.25) is 0 Å². The molecule has 0 bridgehead atoms. The van der Waals surface area contributed by atoms with E-state index in [1.807, 2.05) is 56.3 Å². The molecular formula is C26H23NO4S. The van der Waals surface area contributed by atoms with Gasteiger partial charge in [-0.1, -0.05) is 48.2 Å². The maximum atomic E-state index is 13.7. The molecule has 0 N–H and O–H groups in total. The SMILES string of the molecule is COc1ccc(C2=C(Sc3ccccc3)C(=O)N(c3cccc(C)c3C)C2=O)cc1OC. The minimum atomic E-state index is -0.352. The summed E-state index contributed by atoms with van der Waals surface area (Å²) in [6.45, 7) is 3.88. The van der Waals surface area contributed by atoms with E-state index in [0.29, 0.717) is 33.2 Å². The highest BCUT2D eigenvalue weighted by atomic mass is 32.2. The molecule has 3 aromatic rings. The maximum absolute atomic E-state index is 13.7. The molecule has 2 amide bonds. The number of nitrogens with zero attached hydrogens (tertiary/aromatic N) is 1. The Bertz CT molecular complexity index is 1230. The molecule has 4 rings (SSSR count). The van der Waals surface area contributed by atoms with Gasteiger partial charge in [0.15, 0.2) is 11.5 Å². The van der Waals surface area contributed by atoms with E-state index in [1.54, 1.807) is 38.5 Å². The Kier molecular flexibility index (Phi) is 6.06. The first-order chi connectivity index (χ1) is 15.5. The highest BCUT2D eigenvalue weighted by Crippen LogP contribution is 2.43. The van der Waals surface area contributed by atoms with Gasteiger partial charge in [0.2, 0.25) is 0 Å². The number of benzene rings is 3. The molecule has 0 atom stereocenters. The monoisotopic (exact) mass is 445 g/mol. The lowest BCUT2D eigenvalue weighted by Gasteiger charge is -2.19. The molecule has 0 saturated carbocycles. The summed E-state index contributed by atoms with van der Waals surface area (Å²) in [5, 5.41) is 0. The third kappa shape index (κ3) is 3.78. The second kappa shape index (κ2) is 8.93. The summed E-state index contributed by atoms with van der Waals surface area (Å²) in [6.07, 6.45) is 0. The van der Waals surface area contributed by atoms with E-state index in [1.165, 1.54) is 16.7 Å². The summed E-state index contributed by atoms with van der Waals surface area (Å²) in [5.74, 6) is 0.362. The van der Waals surface area contributed by atoms with Gasteiger partial charge in [0.1, 0.15) is 0 Å². The number of hydrogen-bond donors (Lipinski definition) is 0. The topological polar surface area (TPSA) is 55.8 Å². The van der Waals surface area contributed by atoms with Gasteiger partial charge >= 0.3 is 0 Å². The van der Waals surface area contributed by atoms with Crippen molar-refractivity contribution in [1.29, 1.82) is 0 Å². The maximum Gasteiger partial charge on any atom is 0.272 e. The zero-order valence-electron chi connectivity index (χ0n) is 18.3. The van der Waals surface area contributed by atoms with Crippen molar-refractivity contribution in [3.63, 3.8) is 0 Å². The lowest BCUT2D eigenvalue weighted by molar-refractivity contribution is -0.119. The first kappa shape index (κ1) is 21.7. The van der Waals surface area contributed by atoms with Gasteiger partial charge in [-0.25, -0.2) is 4.90 Å². The number of carbonyl (C=O) groups is 2. The minimum absolute atomic E-state index is 0.331. The zero-order valence-corrected chi connectivity index (χ0v) is 19.2. The van der Waals surface area contributed by atoms with Crippen molar-refractivity contribution in [2.24, 2.45) is 0 Å². The van der Waals surface area contributed by atoms with Gasteiger partial charge in [-0.2, -0.15) is 0 Å². The number of methoxy groups -OCH3 is 2. The van der Waals surface area contributed by atoms with Gasteiger partial charge < -0.3 is 9.47 Å². The van der Waals surface area contributed by atoms with Crippen molar-refractivity contribution in [3.8, 4) is 11.5 Å². The first-order valence-corrected chi connectivity index (χ1v) is 10.9. The van der Waals surface area contributed by atoms with Gasteiger partial charge in [0.05, 0.1) is 30.4 Å². The van der Waals surface area contributed by atoms with E-state index in [2.05, 4.69) is 0 Å². The molecule has 1 aliphatic rings. The highest BCUT2D eigenvalue weighted by molar-refractivity contribution is 8.04. The molecule has 3 aromatic carbocycles. The number of imide groups is 1. The summed E-state index contributed by atoms with van der Waals surface area (Å²) in [6, 6.07) is 20.4. The molecule has 0 fully saturated rings. The van der Waals surface area contributed by atoms with Crippen molar-refractivity contribution in [1.82, 2.24) is 0 Å². The van der Waals surface area contributed by atoms with Gasteiger partial charge in [-0.15, -0.1) is 0 Å². The number of hydrogen-bond acceptors (Lipinski definition) is 5. The second-order valence-electron chi connectivity index (χ2n) is 7.35. The Labute approximate surface area is 191 Å². The molecule has 0 aliphatic carbocycles. The Morgan fingerprint density at radius 2 is 1.50 bits per heavy atom. The Hall–Kier alpha value is -3.51. The van der Waals surface area contributed by atoms with E-state index in [0.717, 1.165) is 16.0 Å². The Morgan fingerprint density at radius 1 is 0.781 bits per heavy atom. The molecule has 162 valence electrons. The van der Waals surface area contributed by atoms with E-state index >= 15 is 0 Å². The van der Waals surface area contributed by atoms with Crippen molar-refractivity contribution < 1.29 is 19.1 Å². The smallest absolute Gasteiger partial charge is 0.272 e. The van der Waals surface area contributed by atoms with E-state index in [9.17, 15) is 9.59 Å². The van der Waals surface area contributed by atoms with Crippen LogP contribution < -0.4 is 14.4 Å². The molecule has 0 aromatic heterocycles. The standard InChI is InChI=1S/C26H23NO4S/c1-16-9-8-12-20(17(16)2)27-25(28)23(18-13-14-21(30-3)22(15-18)31-4)24(26(27)29)32-19-10-6-5-7-11-19/h5-15H,1-4H3. The molecule has 1 aliphatic heterocycles. The number of carbonyl (C=O) groups excluding carboxylic acids is 2. The van der Waals surface area contributed by atoms with Crippen LogP contribution in [0.5, 0.6) is 11.5 Å². The number of anilines is 1. The molecule has 0 saturated heterocycles. The Morgan fingerprint density at radius 3 is 2.19 bits per heavy atom. The van der Waals surface area contributed by atoms with E-state index in [-0.39, 0.29) is 11.8 Å². The number of rotatable bonds is 6. The van der Waals surface area contributed by atoms with Crippen molar-refractivity contribution in [2.75, 3.05) is 19.1 Å². The predicted octanol–water partition coefficient (Wildman–Crippen LogP) is 5.40. The van der Waals surface area contributed by atoms with Gasteiger partial charge in [-0.05, 0) is 60.9 Å². The van der Waals surface area contributed by atoms with Crippen LogP contribution in [0.15, 0.2) is 76.5 Å². The zero-order chi connectivity index (χ0) is 22.8. The fraction of sp³-hybridized carbons (Fsp3) is 0.154. The largest absolute Gasteiger partial charge is 0.493 e. The molecule has 0 radical (unpaired) electrons. The Balaban J connectivity index is 1.88. The number of amides is 2. The summed E-state index contributed by atoms with van der Waals surface area (Å²) >= 11 is 1.29. The lowest BCUT2D eigenvalue weighted by atomic mass is 10.0. The van der Waals surface area contributed by atoms with Gasteiger partial charge in [-0.3, -0.25) is 9.59 Å². The van der Waals surface area contributed by atoms with Crippen molar-refractivity contribution >= 4 is 34.8 Å². The minimum Gasteiger partial charge on any atom is -0.493 e. The molecule has 6 heteroatoms. The summed E-state index contributed by atoms with van der Waals surface area (Å²) in [7, 11) is 3.10. The van der Waals surface area contributed by atoms with Crippen LogP contribution in [0.25, 0.3) is 5.57 Å². The van der Waals surface area contributed by atoms with E-state index in [4.69, 9.17) is 9.47 Å². The van der Waals surface area contributed by atoms with Crippen LogP contribution in [0.1, 0.15) is 16.7 Å². The molecule has 0 unspecified atom stereocenters. The van der Waals surface area contributed by atoms with Crippen molar-refractivity contribution in [2.45, 2.75) is 18.7 Å². The molecule has 0 spiro atoms. The van der Waals surface area contributed by atoms with Crippen LogP contribution >= 0.6 is 11.8 Å². The molecule has 1 heterocycles. The lowest BCUT2D eigenvalue weighted by Crippen LogP contribution is -2.32. The molecular weight excluding hydrogens is 422 g/mol. The summed E-state index contributed by atoms with van der Waals surface area (Å²) in [5.41, 5.74) is 3.46. The molecule has 5 nitrogen and oxygen atoms in total.